The van der Waals surface area contributed by atoms with Gasteiger partial charge in [0, 0.05) is 30.1 Å². The molecule has 1 amide bonds. The molecule has 0 spiro atoms. The molecule has 1 aromatic rings. The van der Waals surface area contributed by atoms with Gasteiger partial charge >= 0.3 is 6.09 Å². The zero-order valence-corrected chi connectivity index (χ0v) is 17.4. The molecular formula is C17H25BrN2O4S. The fourth-order valence-corrected chi connectivity index (χ4v) is 4.97. The highest BCUT2D eigenvalue weighted by molar-refractivity contribution is 9.10. The lowest BCUT2D eigenvalue weighted by Gasteiger charge is -2.38. The lowest BCUT2D eigenvalue weighted by atomic mass is 10.2. The van der Waals surface area contributed by atoms with Crippen LogP contribution >= 0.6 is 15.9 Å². The number of benzene rings is 1. The molecule has 0 saturated carbocycles. The van der Waals surface area contributed by atoms with Crippen molar-refractivity contribution < 1.29 is 17.9 Å². The van der Waals surface area contributed by atoms with Gasteiger partial charge in [0.05, 0.1) is 4.90 Å². The standard InChI is InChI=1S/C17H25BrN2O4S/c1-5-14(4)24-17(21)20-9-8-19(11-13(20)3)25(22,23)16-7-6-15(18)10-12(16)2/h6-7,10,13-14H,5,8-9,11H2,1-4H3/t13-,14?/m1/s1. The summed E-state index contributed by atoms with van der Waals surface area (Å²) in [5, 5.41) is 0. The quantitative estimate of drug-likeness (QED) is 0.730. The topological polar surface area (TPSA) is 66.9 Å². The highest BCUT2D eigenvalue weighted by Crippen LogP contribution is 2.25. The van der Waals surface area contributed by atoms with E-state index >= 15 is 0 Å². The molecule has 1 aromatic carbocycles. The van der Waals surface area contributed by atoms with Gasteiger partial charge < -0.3 is 9.64 Å². The normalized spacial score (nSPS) is 20.4. The number of aryl methyl sites for hydroxylation is 1. The minimum absolute atomic E-state index is 0.146. The Hall–Kier alpha value is -1.12. The fraction of sp³-hybridized carbons (Fsp3) is 0.588. The third kappa shape index (κ3) is 4.54. The predicted octanol–water partition coefficient (Wildman–Crippen LogP) is 3.39. The van der Waals surface area contributed by atoms with Crippen molar-refractivity contribution in [3.8, 4) is 0 Å². The van der Waals surface area contributed by atoms with Crippen LogP contribution < -0.4 is 0 Å². The maximum Gasteiger partial charge on any atom is 0.410 e. The monoisotopic (exact) mass is 432 g/mol. The number of hydrogen-bond acceptors (Lipinski definition) is 4. The summed E-state index contributed by atoms with van der Waals surface area (Å²) in [5.41, 5.74) is 0.695. The second-order valence-electron chi connectivity index (χ2n) is 6.42. The van der Waals surface area contributed by atoms with E-state index in [2.05, 4.69) is 15.9 Å². The van der Waals surface area contributed by atoms with E-state index in [1.807, 2.05) is 20.8 Å². The molecule has 1 aliphatic heterocycles. The van der Waals surface area contributed by atoms with Gasteiger partial charge in [-0.1, -0.05) is 22.9 Å². The number of carbonyl (C=O) groups is 1. The first kappa shape index (κ1) is 20.2. The Morgan fingerprint density at radius 2 is 2.08 bits per heavy atom. The minimum Gasteiger partial charge on any atom is -0.446 e. The Morgan fingerprint density at radius 1 is 1.40 bits per heavy atom. The first-order valence-electron chi connectivity index (χ1n) is 8.40. The Morgan fingerprint density at radius 3 is 2.64 bits per heavy atom. The summed E-state index contributed by atoms with van der Waals surface area (Å²) in [4.78, 5) is 14.1. The molecule has 1 unspecified atom stereocenters. The molecule has 8 heteroatoms. The van der Waals surface area contributed by atoms with Gasteiger partial charge in [0.1, 0.15) is 6.10 Å². The van der Waals surface area contributed by atoms with Gasteiger partial charge in [-0.25, -0.2) is 13.2 Å². The number of ether oxygens (including phenoxy) is 1. The van der Waals surface area contributed by atoms with Crippen LogP contribution in [-0.4, -0.2) is 55.5 Å². The molecule has 0 radical (unpaired) electrons. The highest BCUT2D eigenvalue weighted by atomic mass is 79.9. The lowest BCUT2D eigenvalue weighted by molar-refractivity contribution is 0.0436. The predicted molar refractivity (Wildman–Crippen MR) is 100 cm³/mol. The first-order valence-corrected chi connectivity index (χ1v) is 10.6. The van der Waals surface area contributed by atoms with Gasteiger partial charge in [0.2, 0.25) is 10.0 Å². The van der Waals surface area contributed by atoms with Gasteiger partial charge in [-0.2, -0.15) is 4.31 Å². The molecule has 140 valence electrons. The van der Waals surface area contributed by atoms with Gasteiger partial charge in [0.15, 0.2) is 0 Å². The number of sulfonamides is 1. The molecule has 0 aromatic heterocycles. The number of carbonyl (C=O) groups excluding carboxylic acids is 1. The molecule has 0 N–H and O–H groups in total. The Bertz CT molecular complexity index is 738. The van der Waals surface area contributed by atoms with Crippen LogP contribution in [-0.2, 0) is 14.8 Å². The van der Waals surface area contributed by atoms with Crippen LogP contribution in [0.3, 0.4) is 0 Å². The molecule has 6 nitrogen and oxygen atoms in total. The molecule has 1 aliphatic rings. The first-order chi connectivity index (χ1) is 11.7. The van der Waals surface area contributed by atoms with Gasteiger partial charge in [-0.05, 0) is 51.0 Å². The average Bonchev–Trinajstić information content (AvgIpc) is 2.53. The third-order valence-corrected chi connectivity index (χ3v) is 6.98. The summed E-state index contributed by atoms with van der Waals surface area (Å²) in [7, 11) is -3.59. The van der Waals surface area contributed by atoms with Crippen LogP contribution in [0.4, 0.5) is 4.79 Å². The number of piperazine rings is 1. The van der Waals surface area contributed by atoms with E-state index in [4.69, 9.17) is 4.74 Å². The maximum absolute atomic E-state index is 12.9. The van der Waals surface area contributed by atoms with E-state index in [1.54, 1.807) is 30.0 Å². The number of halogens is 1. The summed E-state index contributed by atoms with van der Waals surface area (Å²) < 4.78 is 33.5. The second kappa shape index (κ2) is 8.05. The third-order valence-electron chi connectivity index (χ3n) is 4.46. The fourth-order valence-electron chi connectivity index (χ4n) is 2.78. The minimum atomic E-state index is -3.59. The smallest absolute Gasteiger partial charge is 0.410 e. The molecule has 1 saturated heterocycles. The van der Waals surface area contributed by atoms with E-state index in [0.717, 1.165) is 10.9 Å². The maximum atomic E-state index is 12.9. The van der Waals surface area contributed by atoms with Gasteiger partial charge in [0.25, 0.3) is 0 Å². The van der Waals surface area contributed by atoms with Crippen molar-refractivity contribution in [3.05, 3.63) is 28.2 Å². The lowest BCUT2D eigenvalue weighted by Crippen LogP contribution is -2.55. The van der Waals surface area contributed by atoms with Crippen LogP contribution in [0.2, 0.25) is 0 Å². The van der Waals surface area contributed by atoms with Crippen molar-refractivity contribution in [3.63, 3.8) is 0 Å². The molecule has 25 heavy (non-hydrogen) atoms. The van der Waals surface area contributed by atoms with Crippen LogP contribution in [0.5, 0.6) is 0 Å². The van der Waals surface area contributed by atoms with E-state index < -0.39 is 10.0 Å². The van der Waals surface area contributed by atoms with Crippen LogP contribution in [0, 0.1) is 6.92 Å². The summed E-state index contributed by atoms with van der Waals surface area (Å²) in [6, 6.07) is 4.89. The zero-order valence-electron chi connectivity index (χ0n) is 15.0. The second-order valence-corrected chi connectivity index (χ2v) is 9.24. The largest absolute Gasteiger partial charge is 0.446 e. The SMILES string of the molecule is CCC(C)OC(=O)N1CCN(S(=O)(=O)c2ccc(Br)cc2C)C[C@H]1C. The van der Waals surface area contributed by atoms with E-state index in [9.17, 15) is 13.2 Å². The summed E-state index contributed by atoms with van der Waals surface area (Å²) in [6.45, 7) is 8.26. The number of rotatable bonds is 4. The van der Waals surface area contributed by atoms with E-state index in [0.29, 0.717) is 17.0 Å². The average molecular weight is 433 g/mol. The van der Waals surface area contributed by atoms with Crippen molar-refractivity contribution in [2.75, 3.05) is 19.6 Å². The van der Waals surface area contributed by atoms with Crippen LogP contribution in [0.1, 0.15) is 32.8 Å². The molecule has 0 bridgehead atoms. The van der Waals surface area contributed by atoms with Crippen molar-refractivity contribution >= 4 is 32.0 Å². The van der Waals surface area contributed by atoms with Crippen molar-refractivity contribution in [1.82, 2.24) is 9.21 Å². The molecule has 2 rings (SSSR count). The summed E-state index contributed by atoms with van der Waals surface area (Å²) in [6.07, 6.45) is 0.225. The van der Waals surface area contributed by atoms with Gasteiger partial charge in [-0.3, -0.25) is 0 Å². The van der Waals surface area contributed by atoms with Crippen LogP contribution in [0.15, 0.2) is 27.6 Å². The summed E-state index contributed by atoms with van der Waals surface area (Å²) >= 11 is 3.35. The Balaban J connectivity index is 2.13. The van der Waals surface area contributed by atoms with Crippen molar-refractivity contribution in [2.24, 2.45) is 0 Å². The Kier molecular flexibility index (Phi) is 6.51. The highest BCUT2D eigenvalue weighted by Gasteiger charge is 2.35. The Labute approximate surface area is 158 Å². The van der Waals surface area contributed by atoms with E-state index in [1.165, 1.54) is 4.31 Å². The summed E-state index contributed by atoms with van der Waals surface area (Å²) in [5.74, 6) is 0. The number of amides is 1. The molecule has 1 fully saturated rings. The molecule has 2 atom stereocenters. The molecule has 0 aliphatic carbocycles. The van der Waals surface area contributed by atoms with Crippen molar-refractivity contribution in [2.45, 2.75) is 51.2 Å². The molecular weight excluding hydrogens is 408 g/mol. The van der Waals surface area contributed by atoms with E-state index in [-0.39, 0.29) is 31.3 Å². The zero-order chi connectivity index (χ0) is 18.8. The van der Waals surface area contributed by atoms with Crippen LogP contribution in [0.25, 0.3) is 0 Å². The number of nitrogens with zero attached hydrogens (tertiary/aromatic N) is 2. The van der Waals surface area contributed by atoms with Gasteiger partial charge in [-0.15, -0.1) is 0 Å². The number of hydrogen-bond donors (Lipinski definition) is 0. The molecule has 1 heterocycles. The van der Waals surface area contributed by atoms with Crippen molar-refractivity contribution in [1.29, 1.82) is 0 Å².